The van der Waals surface area contributed by atoms with E-state index in [1.807, 2.05) is 30.3 Å². The summed E-state index contributed by atoms with van der Waals surface area (Å²) >= 11 is 9.91. The van der Waals surface area contributed by atoms with Gasteiger partial charge in [-0.25, -0.2) is 0 Å². The minimum Gasteiger partial charge on any atom is -0.412 e. The van der Waals surface area contributed by atoms with Gasteiger partial charge in [-0.15, -0.1) is 0 Å². The first-order valence-electron chi connectivity index (χ1n) is 6.69. The van der Waals surface area contributed by atoms with Crippen LogP contribution in [0.15, 0.2) is 30.3 Å². The summed E-state index contributed by atoms with van der Waals surface area (Å²) in [5, 5.41) is 47.4. The van der Waals surface area contributed by atoms with E-state index in [-0.39, 0.29) is 45.9 Å². The fourth-order valence-electron chi connectivity index (χ4n) is 1.90. The number of rotatable bonds is 8. The van der Waals surface area contributed by atoms with Crippen LogP contribution in [0, 0.1) is 0 Å². The summed E-state index contributed by atoms with van der Waals surface area (Å²) in [4.78, 5) is 1.51. The first kappa shape index (κ1) is 26.3. The molecule has 0 spiro atoms. The minimum atomic E-state index is -1.67. The third-order valence-electron chi connectivity index (χ3n) is 3.21. The molecule has 24 heavy (non-hydrogen) atoms. The number of aliphatic hydroxyl groups excluding tert-OH is 5. The molecule has 0 radical (unpaired) electrons. The largest absolute Gasteiger partial charge is 1.00 e. The zero-order valence-corrected chi connectivity index (χ0v) is 17.0. The van der Waals surface area contributed by atoms with Gasteiger partial charge in [0.25, 0.3) is 0 Å². The third kappa shape index (κ3) is 8.45. The van der Waals surface area contributed by atoms with Crippen molar-refractivity contribution in [2.75, 3.05) is 13.2 Å². The fraction of sp³-hybridized carbons (Fsp3) is 0.500. The van der Waals surface area contributed by atoms with Gasteiger partial charge in [0.2, 0.25) is 0 Å². The number of benzene rings is 1. The molecule has 0 bridgehead atoms. The van der Waals surface area contributed by atoms with Crippen LogP contribution in [0.5, 0.6) is 0 Å². The number of hydrogen-bond donors (Lipinski definition) is 5. The molecular weight excluding hydrogens is 365 g/mol. The van der Waals surface area contributed by atoms with E-state index < -0.39 is 31.0 Å². The van der Waals surface area contributed by atoms with E-state index in [2.05, 4.69) is 0 Å². The maximum absolute atomic E-state index is 9.98. The molecule has 0 aromatic heterocycles. The standard InChI is InChI=1S/C14H21NO5S2.Na.H2O/c16-8-11(18)13(20)12(19)10(17)7-15(14(21)22)6-9-4-2-1-3-5-9;;/h1-5,10-13,16-20H,6-8H2,(H,21,22);;1H2/q;+1;/p-1/t10-,11+,12+,13+;;/m0../s1. The van der Waals surface area contributed by atoms with E-state index in [1.54, 1.807) is 0 Å². The second kappa shape index (κ2) is 13.3. The van der Waals surface area contributed by atoms with E-state index in [1.165, 1.54) is 4.90 Å². The monoisotopic (exact) mass is 387 g/mol. The van der Waals surface area contributed by atoms with Crippen molar-refractivity contribution in [3.8, 4) is 0 Å². The number of aliphatic hydroxyl groups is 5. The third-order valence-corrected chi connectivity index (χ3v) is 3.72. The molecule has 0 amide bonds. The summed E-state index contributed by atoms with van der Waals surface area (Å²) in [6, 6.07) is 9.31. The van der Waals surface area contributed by atoms with E-state index in [4.69, 9.17) is 30.0 Å². The Morgan fingerprint density at radius 2 is 1.54 bits per heavy atom. The fourth-order valence-corrected chi connectivity index (χ4v) is 2.18. The Morgan fingerprint density at radius 3 is 2.00 bits per heavy atom. The van der Waals surface area contributed by atoms with Gasteiger partial charge in [0.05, 0.1) is 12.7 Å². The van der Waals surface area contributed by atoms with Crippen LogP contribution in [0.3, 0.4) is 0 Å². The molecule has 0 heterocycles. The predicted octanol–water partition coefficient (Wildman–Crippen LogP) is -5.06. The molecule has 0 saturated heterocycles. The molecule has 10 heteroatoms. The SMILES string of the molecule is O.OC[C@@H](O)[C@@H](O)[C@H](O)[C@@H](O)CN(Cc1ccccc1)C(=S)[S-].[Na+]. The summed E-state index contributed by atoms with van der Waals surface area (Å²) in [5.74, 6) is 0. The molecule has 0 saturated carbocycles. The molecule has 0 aliphatic rings. The van der Waals surface area contributed by atoms with Gasteiger partial charge >= 0.3 is 29.6 Å². The van der Waals surface area contributed by atoms with Gasteiger partial charge in [-0.1, -0.05) is 34.7 Å². The van der Waals surface area contributed by atoms with Crippen LogP contribution in [0.2, 0.25) is 0 Å². The molecule has 7 nitrogen and oxygen atoms in total. The van der Waals surface area contributed by atoms with E-state index in [0.717, 1.165) is 5.56 Å². The predicted molar refractivity (Wildman–Crippen MR) is 91.5 cm³/mol. The smallest absolute Gasteiger partial charge is 0.412 e. The number of nitrogens with zero attached hydrogens (tertiary/aromatic N) is 1. The first-order valence-corrected chi connectivity index (χ1v) is 7.51. The summed E-state index contributed by atoms with van der Waals surface area (Å²) in [5.41, 5.74) is 0.923. The van der Waals surface area contributed by atoms with Crippen molar-refractivity contribution in [3.05, 3.63) is 35.9 Å². The molecule has 0 aliphatic heterocycles. The molecular formula is C14H22NNaO6S2. The zero-order chi connectivity index (χ0) is 16.7. The van der Waals surface area contributed by atoms with E-state index in [9.17, 15) is 20.4 Å². The normalized spacial score (nSPS) is 15.2. The average molecular weight is 387 g/mol. The topological polar surface area (TPSA) is 136 Å². The Morgan fingerprint density at radius 1 is 1.04 bits per heavy atom. The van der Waals surface area contributed by atoms with Crippen molar-refractivity contribution in [2.24, 2.45) is 0 Å². The van der Waals surface area contributed by atoms with Crippen LogP contribution in [-0.2, 0) is 19.2 Å². The van der Waals surface area contributed by atoms with Crippen LogP contribution in [0.4, 0.5) is 0 Å². The minimum absolute atomic E-state index is 0. The Labute approximate surface area is 173 Å². The van der Waals surface area contributed by atoms with Gasteiger partial charge in [0.15, 0.2) is 0 Å². The molecule has 0 aliphatic carbocycles. The summed E-state index contributed by atoms with van der Waals surface area (Å²) in [6.45, 7) is -0.475. The molecule has 1 rings (SSSR count). The van der Waals surface area contributed by atoms with Gasteiger partial charge < -0.3 is 60.8 Å². The van der Waals surface area contributed by atoms with Gasteiger partial charge in [0.1, 0.15) is 18.3 Å². The van der Waals surface area contributed by atoms with Gasteiger partial charge in [-0.05, 0) is 5.56 Å². The maximum Gasteiger partial charge on any atom is 1.00 e. The van der Waals surface area contributed by atoms with Crippen molar-refractivity contribution in [3.63, 3.8) is 0 Å². The van der Waals surface area contributed by atoms with Crippen molar-refractivity contribution >= 4 is 29.2 Å². The van der Waals surface area contributed by atoms with Crippen LogP contribution in [0.1, 0.15) is 5.56 Å². The van der Waals surface area contributed by atoms with Gasteiger partial charge in [-0.3, -0.25) is 0 Å². The molecule has 7 N–H and O–H groups in total. The second-order valence-corrected chi connectivity index (χ2v) is 5.96. The summed E-state index contributed by atoms with van der Waals surface area (Å²) in [7, 11) is 0. The van der Waals surface area contributed by atoms with Crippen molar-refractivity contribution < 1.29 is 60.6 Å². The zero-order valence-electron chi connectivity index (χ0n) is 13.3. The maximum atomic E-state index is 9.98. The molecule has 1 aromatic carbocycles. The Kier molecular flexibility index (Phi) is 14.6. The molecule has 0 unspecified atom stereocenters. The second-order valence-electron chi connectivity index (χ2n) is 4.93. The summed E-state index contributed by atoms with van der Waals surface area (Å²) < 4.78 is 0.118. The molecule has 0 fully saturated rings. The number of thiocarbonyl (C=S) groups is 1. The number of hydrogen-bond acceptors (Lipinski definition) is 7. The Balaban J connectivity index is 0. The molecule has 1 aromatic rings. The Bertz CT molecular complexity index is 470. The van der Waals surface area contributed by atoms with Gasteiger partial charge in [0, 0.05) is 13.1 Å². The van der Waals surface area contributed by atoms with Crippen LogP contribution >= 0.6 is 12.2 Å². The van der Waals surface area contributed by atoms with Crippen molar-refractivity contribution in [1.82, 2.24) is 4.90 Å². The summed E-state index contributed by atoms with van der Waals surface area (Å²) in [6.07, 6.45) is -6.23. The van der Waals surface area contributed by atoms with Crippen molar-refractivity contribution in [1.29, 1.82) is 0 Å². The molecule has 4 atom stereocenters. The van der Waals surface area contributed by atoms with Crippen LogP contribution in [-0.4, -0.2) is 77.8 Å². The van der Waals surface area contributed by atoms with Crippen LogP contribution in [0.25, 0.3) is 0 Å². The van der Waals surface area contributed by atoms with Gasteiger partial charge in [-0.2, -0.15) is 0 Å². The average Bonchev–Trinajstić information content (AvgIpc) is 2.52. The van der Waals surface area contributed by atoms with Crippen molar-refractivity contribution in [2.45, 2.75) is 31.0 Å². The molecule has 132 valence electrons. The first-order chi connectivity index (χ1) is 10.4. The van der Waals surface area contributed by atoms with E-state index in [0.29, 0.717) is 6.54 Å². The quantitative estimate of drug-likeness (QED) is 0.170. The Hall–Kier alpha value is 0.0900. The van der Waals surface area contributed by atoms with E-state index >= 15 is 0 Å². The van der Waals surface area contributed by atoms with Crippen LogP contribution < -0.4 is 29.6 Å².